The van der Waals surface area contributed by atoms with Crippen LogP contribution in [0.1, 0.15) is 30.2 Å². The lowest BCUT2D eigenvalue weighted by Gasteiger charge is -2.30. The summed E-state index contributed by atoms with van der Waals surface area (Å²) in [6, 6.07) is 9.35. The Balaban J connectivity index is 1.76. The highest BCUT2D eigenvalue weighted by Gasteiger charge is 2.26. The molecule has 1 aromatic heterocycles. The first-order valence-electron chi connectivity index (χ1n) is 8.45. The number of benzene rings is 1. The smallest absolute Gasteiger partial charge is 0.235 e. The Kier molecular flexibility index (Phi) is 5.44. The first-order valence-corrected chi connectivity index (χ1v) is 10.9. The number of aryl methyl sites for hydroxylation is 1. The fourth-order valence-electron chi connectivity index (χ4n) is 3.07. The van der Waals surface area contributed by atoms with E-state index in [1.165, 1.54) is 4.31 Å². The topological polar surface area (TPSA) is 66.5 Å². The highest BCUT2D eigenvalue weighted by molar-refractivity contribution is 7.92. The van der Waals surface area contributed by atoms with Gasteiger partial charge in [0, 0.05) is 17.1 Å². The van der Waals surface area contributed by atoms with E-state index in [2.05, 4.69) is 5.32 Å². The highest BCUT2D eigenvalue weighted by atomic mass is 32.2. The molecule has 0 aliphatic carbocycles. The predicted molar refractivity (Wildman–Crippen MR) is 103 cm³/mol. The molecule has 2 heterocycles. The van der Waals surface area contributed by atoms with Gasteiger partial charge in [-0.1, -0.05) is 13.0 Å². The van der Waals surface area contributed by atoms with Crippen molar-refractivity contribution in [2.45, 2.75) is 32.6 Å². The van der Waals surface area contributed by atoms with Gasteiger partial charge >= 0.3 is 0 Å². The molecule has 3 rings (SSSR count). The molecule has 5 nitrogen and oxygen atoms in total. The first kappa shape index (κ1) is 17.9. The SMILES string of the molecule is CCCS(=O)(=O)N1CCCc2cc(NC(=O)Cc3cccs3)ccc21. The quantitative estimate of drug-likeness (QED) is 0.837. The Hall–Kier alpha value is -1.86. The monoisotopic (exact) mass is 378 g/mol. The van der Waals surface area contributed by atoms with E-state index in [0.29, 0.717) is 19.4 Å². The molecule has 0 atom stereocenters. The average molecular weight is 379 g/mol. The zero-order valence-corrected chi connectivity index (χ0v) is 15.8. The number of sulfonamides is 1. The number of carbonyl (C=O) groups is 1. The number of nitrogens with zero attached hydrogens (tertiary/aromatic N) is 1. The lowest BCUT2D eigenvalue weighted by atomic mass is 10.0. The summed E-state index contributed by atoms with van der Waals surface area (Å²) in [5, 5.41) is 4.86. The second-order valence-electron chi connectivity index (χ2n) is 6.14. The molecule has 0 spiro atoms. The number of carbonyl (C=O) groups excluding carboxylic acids is 1. The maximum atomic E-state index is 12.4. The van der Waals surface area contributed by atoms with Gasteiger partial charge in [0.05, 0.1) is 17.9 Å². The van der Waals surface area contributed by atoms with Crippen LogP contribution in [0.2, 0.25) is 0 Å². The standard InChI is InChI=1S/C18H22N2O3S2/c1-2-11-25(22,23)20-9-3-5-14-12-15(7-8-17(14)20)19-18(21)13-16-6-4-10-24-16/h4,6-8,10,12H,2-3,5,9,11,13H2,1H3,(H,19,21). The van der Waals surface area contributed by atoms with E-state index in [0.717, 1.165) is 34.7 Å². The van der Waals surface area contributed by atoms with Gasteiger partial charge in [0.2, 0.25) is 15.9 Å². The number of fused-ring (bicyclic) bond motifs is 1. The molecule has 134 valence electrons. The molecule has 1 N–H and O–H groups in total. The van der Waals surface area contributed by atoms with Crippen molar-refractivity contribution >= 4 is 38.6 Å². The number of hydrogen-bond donors (Lipinski definition) is 1. The zero-order chi connectivity index (χ0) is 17.9. The summed E-state index contributed by atoms with van der Waals surface area (Å²) < 4.78 is 26.4. The van der Waals surface area contributed by atoms with Crippen molar-refractivity contribution in [2.75, 3.05) is 21.9 Å². The Labute approximate surface area is 152 Å². The number of anilines is 2. The molecule has 0 unspecified atom stereocenters. The number of thiophene rings is 1. The van der Waals surface area contributed by atoms with Crippen molar-refractivity contribution in [3.8, 4) is 0 Å². The van der Waals surface area contributed by atoms with Crippen LogP contribution in [0.3, 0.4) is 0 Å². The van der Waals surface area contributed by atoms with Crippen molar-refractivity contribution in [2.24, 2.45) is 0 Å². The molecule has 1 aliphatic heterocycles. The minimum Gasteiger partial charge on any atom is -0.326 e. The van der Waals surface area contributed by atoms with Crippen LogP contribution >= 0.6 is 11.3 Å². The molecule has 25 heavy (non-hydrogen) atoms. The van der Waals surface area contributed by atoms with Crippen LogP contribution < -0.4 is 9.62 Å². The van der Waals surface area contributed by atoms with Gasteiger partial charge in [0.15, 0.2) is 0 Å². The fraction of sp³-hybridized carbons (Fsp3) is 0.389. The average Bonchev–Trinajstić information content (AvgIpc) is 3.06. The van der Waals surface area contributed by atoms with Crippen LogP contribution in [0, 0.1) is 0 Å². The van der Waals surface area contributed by atoms with Crippen LogP contribution in [0.15, 0.2) is 35.7 Å². The zero-order valence-electron chi connectivity index (χ0n) is 14.2. The minimum absolute atomic E-state index is 0.0614. The summed E-state index contributed by atoms with van der Waals surface area (Å²) in [6.45, 7) is 2.40. The van der Waals surface area contributed by atoms with Gasteiger partial charge in [-0.25, -0.2) is 8.42 Å². The second kappa shape index (κ2) is 7.58. The van der Waals surface area contributed by atoms with Crippen LogP contribution in [0.4, 0.5) is 11.4 Å². The predicted octanol–water partition coefficient (Wildman–Crippen LogP) is 3.42. The fourth-order valence-corrected chi connectivity index (χ4v) is 5.40. The molecule has 0 saturated heterocycles. The Morgan fingerprint density at radius 3 is 2.88 bits per heavy atom. The second-order valence-corrected chi connectivity index (χ2v) is 9.18. The van der Waals surface area contributed by atoms with Gasteiger partial charge in [0.25, 0.3) is 0 Å². The Bertz CT molecular complexity index is 845. The lowest BCUT2D eigenvalue weighted by molar-refractivity contribution is -0.115. The Morgan fingerprint density at radius 1 is 1.32 bits per heavy atom. The maximum absolute atomic E-state index is 12.4. The number of amides is 1. The van der Waals surface area contributed by atoms with Gasteiger partial charge in [-0.2, -0.15) is 0 Å². The Morgan fingerprint density at radius 2 is 2.16 bits per heavy atom. The number of hydrogen-bond acceptors (Lipinski definition) is 4. The molecular formula is C18H22N2O3S2. The molecule has 0 fully saturated rings. The van der Waals surface area contributed by atoms with E-state index < -0.39 is 10.0 Å². The van der Waals surface area contributed by atoms with Crippen molar-refractivity contribution in [1.29, 1.82) is 0 Å². The van der Waals surface area contributed by atoms with E-state index in [4.69, 9.17) is 0 Å². The van der Waals surface area contributed by atoms with Gasteiger partial charge in [-0.3, -0.25) is 9.10 Å². The van der Waals surface area contributed by atoms with Gasteiger partial charge < -0.3 is 5.32 Å². The summed E-state index contributed by atoms with van der Waals surface area (Å²) in [5.74, 6) is 0.0971. The highest BCUT2D eigenvalue weighted by Crippen LogP contribution is 2.32. The summed E-state index contributed by atoms with van der Waals surface area (Å²) in [6.07, 6.45) is 2.57. The largest absolute Gasteiger partial charge is 0.326 e. The maximum Gasteiger partial charge on any atom is 0.235 e. The molecule has 0 bridgehead atoms. The van der Waals surface area contributed by atoms with E-state index in [1.54, 1.807) is 17.4 Å². The van der Waals surface area contributed by atoms with Crippen molar-refractivity contribution in [3.63, 3.8) is 0 Å². The van der Waals surface area contributed by atoms with Gasteiger partial charge in [0.1, 0.15) is 0 Å². The van der Waals surface area contributed by atoms with E-state index in [9.17, 15) is 13.2 Å². The van der Waals surface area contributed by atoms with E-state index >= 15 is 0 Å². The summed E-state index contributed by atoms with van der Waals surface area (Å²) in [7, 11) is -3.27. The molecule has 0 saturated carbocycles. The number of rotatable bonds is 6. The third-order valence-electron chi connectivity index (χ3n) is 4.15. The van der Waals surface area contributed by atoms with Crippen molar-refractivity contribution in [1.82, 2.24) is 0 Å². The molecule has 1 aliphatic rings. The van der Waals surface area contributed by atoms with E-state index in [-0.39, 0.29) is 11.7 Å². The van der Waals surface area contributed by atoms with Crippen LogP contribution in [-0.2, 0) is 27.7 Å². The molecule has 7 heteroatoms. The minimum atomic E-state index is -3.27. The van der Waals surface area contributed by atoms with Crippen molar-refractivity contribution in [3.05, 3.63) is 46.2 Å². The number of nitrogens with one attached hydrogen (secondary N) is 1. The van der Waals surface area contributed by atoms with Gasteiger partial charge in [-0.15, -0.1) is 11.3 Å². The molecular weight excluding hydrogens is 356 g/mol. The van der Waals surface area contributed by atoms with Crippen LogP contribution in [0.5, 0.6) is 0 Å². The van der Waals surface area contributed by atoms with Crippen molar-refractivity contribution < 1.29 is 13.2 Å². The normalized spacial score (nSPS) is 14.2. The first-order chi connectivity index (χ1) is 12.0. The lowest BCUT2D eigenvalue weighted by Crippen LogP contribution is -2.37. The third-order valence-corrected chi connectivity index (χ3v) is 7.00. The van der Waals surface area contributed by atoms with E-state index in [1.807, 2.05) is 36.6 Å². The summed E-state index contributed by atoms with van der Waals surface area (Å²) in [5.41, 5.74) is 2.44. The van der Waals surface area contributed by atoms with Crippen LogP contribution in [0.25, 0.3) is 0 Å². The summed E-state index contributed by atoms with van der Waals surface area (Å²) in [4.78, 5) is 13.2. The van der Waals surface area contributed by atoms with Gasteiger partial charge in [-0.05, 0) is 54.5 Å². The summed E-state index contributed by atoms with van der Waals surface area (Å²) >= 11 is 1.56. The third kappa shape index (κ3) is 4.22. The molecule has 1 amide bonds. The van der Waals surface area contributed by atoms with Crippen LogP contribution in [-0.4, -0.2) is 26.6 Å². The molecule has 2 aromatic rings. The molecule has 1 aromatic carbocycles. The molecule has 0 radical (unpaired) electrons.